The Bertz CT molecular complexity index is 850. The summed E-state index contributed by atoms with van der Waals surface area (Å²) in [5.41, 5.74) is -0.606. The van der Waals surface area contributed by atoms with Crippen LogP contribution >= 0.6 is 0 Å². The van der Waals surface area contributed by atoms with Gasteiger partial charge in [0, 0.05) is 45.1 Å². The summed E-state index contributed by atoms with van der Waals surface area (Å²) < 4.78 is 27.0. The number of piperazine rings is 1. The van der Waals surface area contributed by atoms with Gasteiger partial charge < -0.3 is 4.90 Å². The van der Waals surface area contributed by atoms with E-state index < -0.39 is 22.7 Å². The minimum Gasteiger partial charge on any atom is -0.339 e. The van der Waals surface area contributed by atoms with Gasteiger partial charge >= 0.3 is 5.69 Å². The summed E-state index contributed by atoms with van der Waals surface area (Å²) in [6.45, 7) is 4.06. The number of hydrogen-bond donors (Lipinski definition) is 0. The fraction of sp³-hybridized carbons (Fsp3) is 0.471. The number of halogens is 2. The first-order valence-corrected chi connectivity index (χ1v) is 8.75. The molecule has 0 aromatic carbocycles. The Morgan fingerprint density at radius 3 is 2.57 bits per heavy atom. The predicted molar refractivity (Wildman–Crippen MR) is 94.7 cm³/mol. The number of pyridine rings is 1. The van der Waals surface area contributed by atoms with Crippen molar-refractivity contribution in [2.24, 2.45) is 0 Å². The van der Waals surface area contributed by atoms with Crippen molar-refractivity contribution in [2.75, 3.05) is 26.2 Å². The second kappa shape index (κ2) is 8.38. The van der Waals surface area contributed by atoms with Crippen molar-refractivity contribution >= 4 is 11.6 Å². The number of amides is 1. The molecule has 0 saturated carbocycles. The van der Waals surface area contributed by atoms with Crippen LogP contribution in [0.15, 0.2) is 24.5 Å². The molecule has 9 nitrogen and oxygen atoms in total. The highest BCUT2D eigenvalue weighted by molar-refractivity contribution is 5.76. The van der Waals surface area contributed by atoms with E-state index in [-0.39, 0.29) is 18.1 Å². The number of nitro groups is 1. The Kier molecular flexibility index (Phi) is 5.93. The average molecular weight is 394 g/mol. The van der Waals surface area contributed by atoms with Gasteiger partial charge in [-0.2, -0.15) is 5.10 Å². The van der Waals surface area contributed by atoms with Gasteiger partial charge in [0.25, 0.3) is 6.43 Å². The number of carbonyl (C=O) groups excluding carboxylic acids is 1. The van der Waals surface area contributed by atoms with Gasteiger partial charge in [-0.05, 0) is 18.6 Å². The molecule has 2 aromatic heterocycles. The van der Waals surface area contributed by atoms with E-state index in [9.17, 15) is 23.7 Å². The fourth-order valence-corrected chi connectivity index (χ4v) is 3.22. The monoisotopic (exact) mass is 394 g/mol. The Morgan fingerprint density at radius 2 is 2.04 bits per heavy atom. The molecule has 0 aliphatic carbocycles. The standard InChI is InChI=1S/C17H20F2N6O3/c1-12-16(25(27)28)15(17(18)19)21-24(12)11-14(26)23-7-5-22(6-8-23)10-13-3-2-4-20-9-13/h2-4,9,17H,5-8,10-11H2,1H3. The van der Waals surface area contributed by atoms with Gasteiger partial charge in [-0.1, -0.05) is 6.07 Å². The zero-order valence-corrected chi connectivity index (χ0v) is 15.3. The van der Waals surface area contributed by atoms with Gasteiger partial charge in [-0.3, -0.25) is 29.5 Å². The first kappa shape index (κ1) is 19.8. The third-order valence-corrected chi connectivity index (χ3v) is 4.73. The van der Waals surface area contributed by atoms with Crippen molar-refractivity contribution in [3.05, 3.63) is 51.6 Å². The molecule has 1 saturated heterocycles. The summed E-state index contributed by atoms with van der Waals surface area (Å²) >= 11 is 0. The van der Waals surface area contributed by atoms with Crippen LogP contribution in [-0.4, -0.2) is 61.6 Å². The number of nitrogens with zero attached hydrogens (tertiary/aromatic N) is 6. The maximum atomic E-state index is 13.0. The summed E-state index contributed by atoms with van der Waals surface area (Å²) in [6.07, 6.45) is 0.429. The Hall–Kier alpha value is -2.95. The normalized spacial score (nSPS) is 15.2. The van der Waals surface area contributed by atoms with E-state index in [4.69, 9.17) is 0 Å². The lowest BCUT2D eigenvalue weighted by molar-refractivity contribution is -0.386. The lowest BCUT2D eigenvalue weighted by Crippen LogP contribution is -2.49. The summed E-state index contributed by atoms with van der Waals surface area (Å²) in [5.74, 6) is -0.303. The summed E-state index contributed by atoms with van der Waals surface area (Å²) in [7, 11) is 0. The third kappa shape index (κ3) is 4.30. The molecule has 0 N–H and O–H groups in total. The van der Waals surface area contributed by atoms with Crippen molar-refractivity contribution in [2.45, 2.75) is 26.4 Å². The summed E-state index contributed by atoms with van der Waals surface area (Å²) in [4.78, 5) is 30.6. The van der Waals surface area contributed by atoms with Crippen LogP contribution in [0.25, 0.3) is 0 Å². The molecule has 0 unspecified atom stereocenters. The van der Waals surface area contributed by atoms with E-state index in [1.807, 2.05) is 12.1 Å². The highest BCUT2D eigenvalue weighted by atomic mass is 19.3. The number of aromatic nitrogens is 3. The zero-order valence-electron chi connectivity index (χ0n) is 15.3. The van der Waals surface area contributed by atoms with Crippen molar-refractivity contribution in [3.63, 3.8) is 0 Å². The van der Waals surface area contributed by atoms with E-state index in [2.05, 4.69) is 15.0 Å². The molecule has 3 heterocycles. The zero-order chi connectivity index (χ0) is 20.3. The molecule has 0 bridgehead atoms. The van der Waals surface area contributed by atoms with Gasteiger partial charge in [0.05, 0.1) is 4.92 Å². The molecule has 2 aromatic rings. The van der Waals surface area contributed by atoms with Crippen LogP contribution in [0.2, 0.25) is 0 Å². The van der Waals surface area contributed by atoms with Crippen LogP contribution in [0.1, 0.15) is 23.4 Å². The predicted octanol–water partition coefficient (Wildman–Crippen LogP) is 1.78. The molecule has 150 valence electrons. The Balaban J connectivity index is 1.60. The molecule has 11 heteroatoms. The lowest BCUT2D eigenvalue weighted by Gasteiger charge is -2.34. The Morgan fingerprint density at radius 1 is 1.32 bits per heavy atom. The average Bonchev–Trinajstić information content (AvgIpc) is 3.00. The molecule has 1 fully saturated rings. The van der Waals surface area contributed by atoms with Crippen LogP contribution in [0.5, 0.6) is 0 Å². The molecule has 28 heavy (non-hydrogen) atoms. The molecule has 0 atom stereocenters. The number of rotatable bonds is 6. The van der Waals surface area contributed by atoms with Crippen LogP contribution < -0.4 is 0 Å². The van der Waals surface area contributed by atoms with E-state index in [0.29, 0.717) is 26.2 Å². The molecule has 3 rings (SSSR count). The number of carbonyl (C=O) groups is 1. The van der Waals surface area contributed by atoms with Crippen LogP contribution in [0, 0.1) is 17.0 Å². The SMILES string of the molecule is Cc1c([N+](=O)[O-])c(C(F)F)nn1CC(=O)N1CCN(Cc2cccnc2)CC1. The van der Waals surface area contributed by atoms with Crippen LogP contribution in [0.3, 0.4) is 0 Å². The molecule has 1 amide bonds. The van der Waals surface area contributed by atoms with Gasteiger partial charge in [0.1, 0.15) is 12.2 Å². The van der Waals surface area contributed by atoms with Gasteiger partial charge in [0.15, 0.2) is 0 Å². The fourth-order valence-electron chi connectivity index (χ4n) is 3.22. The molecular weight excluding hydrogens is 374 g/mol. The molecular formula is C17H20F2N6O3. The smallest absolute Gasteiger partial charge is 0.319 e. The van der Waals surface area contributed by atoms with Crippen molar-refractivity contribution in [1.82, 2.24) is 24.6 Å². The first-order chi connectivity index (χ1) is 13.4. The van der Waals surface area contributed by atoms with Gasteiger partial charge in [-0.25, -0.2) is 8.78 Å². The van der Waals surface area contributed by atoms with E-state index in [0.717, 1.165) is 16.8 Å². The van der Waals surface area contributed by atoms with E-state index >= 15 is 0 Å². The number of alkyl halides is 2. The second-order valence-electron chi connectivity index (χ2n) is 6.55. The van der Waals surface area contributed by atoms with Crippen molar-refractivity contribution in [3.8, 4) is 0 Å². The van der Waals surface area contributed by atoms with Crippen LogP contribution in [-0.2, 0) is 17.9 Å². The number of hydrogen-bond acceptors (Lipinski definition) is 6. The molecule has 0 radical (unpaired) electrons. The highest BCUT2D eigenvalue weighted by Gasteiger charge is 2.32. The lowest BCUT2D eigenvalue weighted by atomic mass is 10.2. The molecule has 1 aliphatic heterocycles. The third-order valence-electron chi connectivity index (χ3n) is 4.73. The minimum atomic E-state index is -3.08. The van der Waals surface area contributed by atoms with E-state index in [1.54, 1.807) is 17.3 Å². The second-order valence-corrected chi connectivity index (χ2v) is 6.55. The maximum Gasteiger partial charge on any atom is 0.319 e. The summed E-state index contributed by atoms with van der Waals surface area (Å²) in [5, 5.41) is 14.6. The molecule has 0 spiro atoms. The van der Waals surface area contributed by atoms with E-state index in [1.165, 1.54) is 6.92 Å². The minimum absolute atomic E-state index is 0.0520. The van der Waals surface area contributed by atoms with Crippen molar-refractivity contribution in [1.29, 1.82) is 0 Å². The highest BCUT2D eigenvalue weighted by Crippen LogP contribution is 2.30. The Labute approximate surface area is 159 Å². The maximum absolute atomic E-state index is 13.0. The van der Waals surface area contributed by atoms with Gasteiger partial charge in [-0.15, -0.1) is 0 Å². The van der Waals surface area contributed by atoms with Gasteiger partial charge in [0.2, 0.25) is 11.6 Å². The first-order valence-electron chi connectivity index (χ1n) is 8.75. The largest absolute Gasteiger partial charge is 0.339 e. The molecule has 1 aliphatic rings. The quantitative estimate of drug-likeness (QED) is 0.547. The van der Waals surface area contributed by atoms with Crippen LogP contribution in [0.4, 0.5) is 14.5 Å². The summed E-state index contributed by atoms with van der Waals surface area (Å²) in [6, 6.07) is 3.85. The topological polar surface area (TPSA) is 97.4 Å². The van der Waals surface area contributed by atoms with Crippen molar-refractivity contribution < 1.29 is 18.5 Å².